The Kier molecular flexibility index (Phi) is 5.94. The SMILES string of the molecule is C[C@H]1CCc2nc3ccccc3c(C(=O)OCC(=O)N(CC#N)c3ccccc3)c2C1. The number of para-hydroxylation sites is 2. The molecule has 156 valence electrons. The average Bonchev–Trinajstić information content (AvgIpc) is 2.80. The summed E-state index contributed by atoms with van der Waals surface area (Å²) in [4.78, 5) is 32.0. The maximum absolute atomic E-state index is 13.2. The third-order valence-corrected chi connectivity index (χ3v) is 5.63. The summed E-state index contributed by atoms with van der Waals surface area (Å²) in [7, 11) is 0. The maximum Gasteiger partial charge on any atom is 0.339 e. The Hall–Kier alpha value is -3.72. The summed E-state index contributed by atoms with van der Waals surface area (Å²) < 4.78 is 5.48. The van der Waals surface area contributed by atoms with E-state index in [1.165, 1.54) is 4.90 Å². The van der Waals surface area contributed by atoms with Crippen LogP contribution in [0.4, 0.5) is 5.69 Å². The van der Waals surface area contributed by atoms with Gasteiger partial charge in [-0.1, -0.05) is 43.3 Å². The third kappa shape index (κ3) is 4.26. The molecule has 0 fully saturated rings. The lowest BCUT2D eigenvalue weighted by Crippen LogP contribution is -2.35. The minimum Gasteiger partial charge on any atom is -0.452 e. The molecule has 1 aromatic heterocycles. The lowest BCUT2D eigenvalue weighted by molar-refractivity contribution is -0.121. The smallest absolute Gasteiger partial charge is 0.339 e. The van der Waals surface area contributed by atoms with Crippen LogP contribution >= 0.6 is 0 Å². The molecule has 0 aliphatic heterocycles. The van der Waals surface area contributed by atoms with Crippen molar-refractivity contribution in [1.82, 2.24) is 4.98 Å². The lowest BCUT2D eigenvalue weighted by Gasteiger charge is -2.24. The Morgan fingerprint density at radius 1 is 1.16 bits per heavy atom. The number of nitriles is 1. The number of pyridine rings is 1. The highest BCUT2D eigenvalue weighted by atomic mass is 16.5. The molecule has 1 heterocycles. The number of benzene rings is 2. The van der Waals surface area contributed by atoms with Gasteiger partial charge in [-0.25, -0.2) is 4.79 Å². The molecule has 1 aliphatic carbocycles. The minimum absolute atomic E-state index is 0.120. The van der Waals surface area contributed by atoms with Crippen molar-refractivity contribution < 1.29 is 14.3 Å². The Bertz CT molecular complexity index is 1170. The van der Waals surface area contributed by atoms with Gasteiger partial charge < -0.3 is 4.74 Å². The van der Waals surface area contributed by atoms with Crippen molar-refractivity contribution in [2.45, 2.75) is 26.2 Å². The van der Waals surface area contributed by atoms with Gasteiger partial charge in [-0.15, -0.1) is 0 Å². The van der Waals surface area contributed by atoms with Gasteiger partial charge in [0.1, 0.15) is 6.54 Å². The molecule has 1 atom stereocenters. The van der Waals surface area contributed by atoms with Crippen molar-refractivity contribution in [3.05, 3.63) is 71.4 Å². The average molecular weight is 413 g/mol. The van der Waals surface area contributed by atoms with Gasteiger partial charge in [0, 0.05) is 16.8 Å². The molecule has 0 N–H and O–H groups in total. The van der Waals surface area contributed by atoms with Crippen LogP contribution in [0.2, 0.25) is 0 Å². The Morgan fingerprint density at radius 2 is 1.90 bits per heavy atom. The first-order chi connectivity index (χ1) is 15.1. The first kappa shape index (κ1) is 20.5. The van der Waals surface area contributed by atoms with Gasteiger partial charge >= 0.3 is 5.97 Å². The van der Waals surface area contributed by atoms with Crippen LogP contribution in [0.5, 0.6) is 0 Å². The number of hydrogen-bond acceptors (Lipinski definition) is 5. The van der Waals surface area contributed by atoms with E-state index in [0.29, 0.717) is 17.2 Å². The topological polar surface area (TPSA) is 83.3 Å². The Balaban J connectivity index is 1.61. The summed E-state index contributed by atoms with van der Waals surface area (Å²) in [5.41, 5.74) is 3.71. The Morgan fingerprint density at radius 3 is 2.68 bits per heavy atom. The number of nitrogens with zero attached hydrogens (tertiary/aromatic N) is 3. The second-order valence-corrected chi connectivity index (χ2v) is 7.83. The number of carbonyl (C=O) groups is 2. The van der Waals surface area contributed by atoms with Crippen LogP contribution in [0, 0.1) is 17.2 Å². The van der Waals surface area contributed by atoms with Crippen LogP contribution < -0.4 is 4.90 Å². The maximum atomic E-state index is 13.2. The van der Waals surface area contributed by atoms with Crippen molar-refractivity contribution in [2.75, 3.05) is 18.1 Å². The number of carbonyl (C=O) groups excluding carboxylic acids is 2. The van der Waals surface area contributed by atoms with Crippen LogP contribution in [0.1, 0.15) is 35.0 Å². The number of esters is 1. The molecule has 0 unspecified atom stereocenters. The first-order valence-corrected chi connectivity index (χ1v) is 10.4. The molecule has 6 nitrogen and oxygen atoms in total. The predicted octanol–water partition coefficient (Wildman–Crippen LogP) is 4.07. The summed E-state index contributed by atoms with van der Waals surface area (Å²) in [6, 6.07) is 18.4. The predicted molar refractivity (Wildman–Crippen MR) is 118 cm³/mol. The summed E-state index contributed by atoms with van der Waals surface area (Å²) in [5, 5.41) is 9.86. The van der Waals surface area contributed by atoms with Gasteiger partial charge in [-0.05, 0) is 48.9 Å². The van der Waals surface area contributed by atoms with E-state index in [1.807, 2.05) is 36.4 Å². The van der Waals surface area contributed by atoms with E-state index in [2.05, 4.69) is 6.92 Å². The molecular formula is C25H23N3O3. The van der Waals surface area contributed by atoms with Gasteiger partial charge in [0.15, 0.2) is 6.61 Å². The minimum atomic E-state index is -0.526. The van der Waals surface area contributed by atoms with Crippen molar-refractivity contribution in [3.8, 4) is 6.07 Å². The van der Waals surface area contributed by atoms with Crippen LogP contribution in [0.3, 0.4) is 0 Å². The molecule has 31 heavy (non-hydrogen) atoms. The van der Waals surface area contributed by atoms with E-state index in [4.69, 9.17) is 15.0 Å². The van der Waals surface area contributed by atoms with Crippen LogP contribution in [0.15, 0.2) is 54.6 Å². The number of amides is 1. The third-order valence-electron chi connectivity index (χ3n) is 5.63. The number of hydrogen-bond donors (Lipinski definition) is 0. The summed E-state index contributed by atoms with van der Waals surface area (Å²) in [6.45, 7) is 1.61. The molecular weight excluding hydrogens is 390 g/mol. The fourth-order valence-corrected chi connectivity index (χ4v) is 4.08. The van der Waals surface area contributed by atoms with E-state index in [0.717, 1.165) is 41.4 Å². The van der Waals surface area contributed by atoms with Gasteiger partial charge in [-0.2, -0.15) is 5.26 Å². The number of fused-ring (bicyclic) bond motifs is 2. The standard InChI is InChI=1S/C25H23N3O3/c1-17-11-12-22-20(15-17)24(19-9-5-6-10-21(19)27-22)25(30)31-16-23(29)28(14-13-26)18-7-3-2-4-8-18/h2-10,17H,11-12,14-16H2,1H3/t17-/m0/s1. The largest absolute Gasteiger partial charge is 0.452 e. The van der Waals surface area contributed by atoms with Crippen molar-refractivity contribution in [3.63, 3.8) is 0 Å². The van der Waals surface area contributed by atoms with Gasteiger partial charge in [0.05, 0.1) is 17.1 Å². The molecule has 4 rings (SSSR count). The monoisotopic (exact) mass is 413 g/mol. The molecule has 6 heteroatoms. The van der Waals surface area contributed by atoms with Crippen molar-refractivity contribution in [2.24, 2.45) is 5.92 Å². The van der Waals surface area contributed by atoms with E-state index in [-0.39, 0.29) is 6.54 Å². The zero-order valence-electron chi connectivity index (χ0n) is 17.4. The molecule has 0 saturated heterocycles. The zero-order chi connectivity index (χ0) is 21.8. The van der Waals surface area contributed by atoms with Crippen LogP contribution in [0.25, 0.3) is 10.9 Å². The molecule has 3 aromatic rings. The zero-order valence-corrected chi connectivity index (χ0v) is 17.4. The lowest BCUT2D eigenvalue weighted by atomic mass is 9.84. The quantitative estimate of drug-likeness (QED) is 0.465. The number of ether oxygens (including phenoxy) is 1. The normalized spacial score (nSPS) is 15.0. The summed E-state index contributed by atoms with van der Waals surface area (Å²) in [6.07, 6.45) is 2.62. The fourth-order valence-electron chi connectivity index (χ4n) is 4.08. The highest BCUT2D eigenvalue weighted by Crippen LogP contribution is 2.32. The fraction of sp³-hybridized carbons (Fsp3) is 0.280. The molecule has 2 aromatic carbocycles. The molecule has 0 spiro atoms. The van der Waals surface area contributed by atoms with Crippen molar-refractivity contribution >= 4 is 28.5 Å². The summed E-state index contributed by atoms with van der Waals surface area (Å²) in [5.74, 6) is -0.517. The molecule has 0 bridgehead atoms. The molecule has 1 amide bonds. The Labute approximate surface area is 181 Å². The van der Waals surface area contributed by atoms with E-state index >= 15 is 0 Å². The number of rotatable bonds is 5. The molecule has 0 radical (unpaired) electrons. The number of aryl methyl sites for hydroxylation is 1. The summed E-state index contributed by atoms with van der Waals surface area (Å²) >= 11 is 0. The second-order valence-electron chi connectivity index (χ2n) is 7.83. The van der Waals surface area contributed by atoms with Crippen LogP contribution in [-0.2, 0) is 22.4 Å². The van der Waals surface area contributed by atoms with Crippen molar-refractivity contribution in [1.29, 1.82) is 5.26 Å². The number of aromatic nitrogens is 1. The van der Waals surface area contributed by atoms with Crippen LogP contribution in [-0.4, -0.2) is 30.0 Å². The molecule has 1 aliphatic rings. The first-order valence-electron chi connectivity index (χ1n) is 10.4. The van der Waals surface area contributed by atoms with E-state index in [1.54, 1.807) is 24.3 Å². The number of anilines is 1. The van der Waals surface area contributed by atoms with Gasteiger partial charge in [0.25, 0.3) is 5.91 Å². The van der Waals surface area contributed by atoms with E-state index in [9.17, 15) is 9.59 Å². The second kappa shape index (κ2) is 8.97. The van der Waals surface area contributed by atoms with Gasteiger partial charge in [-0.3, -0.25) is 14.7 Å². The highest BCUT2D eigenvalue weighted by molar-refractivity contribution is 6.06. The van der Waals surface area contributed by atoms with Gasteiger partial charge in [0.2, 0.25) is 0 Å². The highest BCUT2D eigenvalue weighted by Gasteiger charge is 2.27. The van der Waals surface area contributed by atoms with E-state index < -0.39 is 18.5 Å². The molecule has 0 saturated carbocycles.